The second kappa shape index (κ2) is 5.69. The van der Waals surface area contributed by atoms with E-state index in [2.05, 4.69) is 9.97 Å². The van der Waals surface area contributed by atoms with Crippen molar-refractivity contribution in [2.75, 3.05) is 24.6 Å². The molecule has 0 aliphatic carbocycles. The molecule has 1 aromatic heterocycles. The number of anilines is 2. The number of alkyl halides is 3. The van der Waals surface area contributed by atoms with E-state index in [1.54, 1.807) is 0 Å². The monoisotopic (exact) mass is 323 g/mol. The Morgan fingerprint density at radius 3 is 2.48 bits per heavy atom. The van der Waals surface area contributed by atoms with Gasteiger partial charge in [-0.2, -0.15) is 18.2 Å². The van der Waals surface area contributed by atoms with Crippen molar-refractivity contribution in [2.24, 2.45) is 0 Å². The maximum Gasteiger partial charge on any atom is 0.401 e. The molecule has 23 heavy (non-hydrogen) atoms. The molecule has 1 aromatic carbocycles. The highest BCUT2D eigenvalue weighted by molar-refractivity contribution is 5.50. The average molecular weight is 323 g/mol. The third-order valence-corrected chi connectivity index (χ3v) is 3.85. The minimum Gasteiger partial charge on any atom is -0.383 e. The van der Waals surface area contributed by atoms with E-state index >= 15 is 0 Å². The van der Waals surface area contributed by atoms with Crippen molar-refractivity contribution in [1.82, 2.24) is 14.9 Å². The molecule has 1 atom stereocenters. The smallest absolute Gasteiger partial charge is 0.383 e. The quantitative estimate of drug-likeness (QED) is 0.885. The molecule has 3 rings (SSSR count). The molecule has 1 unspecified atom stereocenters. The number of rotatable bonds is 2. The number of nitrogens with zero attached hydrogens (tertiary/aromatic N) is 3. The van der Waals surface area contributed by atoms with Gasteiger partial charge < -0.3 is 11.5 Å². The third kappa shape index (κ3) is 3.37. The fraction of sp³-hybridized carbons (Fsp3) is 0.333. The first-order valence-electron chi connectivity index (χ1n) is 7.09. The van der Waals surface area contributed by atoms with Crippen LogP contribution in [0.15, 0.2) is 30.3 Å². The van der Waals surface area contributed by atoms with Crippen LogP contribution in [0, 0.1) is 0 Å². The van der Waals surface area contributed by atoms with Crippen LogP contribution in [0.25, 0.3) is 0 Å². The van der Waals surface area contributed by atoms with Gasteiger partial charge in [0, 0.05) is 24.6 Å². The third-order valence-electron chi connectivity index (χ3n) is 3.85. The van der Waals surface area contributed by atoms with Gasteiger partial charge in [0.25, 0.3) is 0 Å². The minimum atomic E-state index is -4.28. The van der Waals surface area contributed by atoms with E-state index in [0.717, 1.165) is 5.56 Å². The highest BCUT2D eigenvalue weighted by Crippen LogP contribution is 2.35. The van der Waals surface area contributed by atoms with Gasteiger partial charge in [0.15, 0.2) is 0 Å². The van der Waals surface area contributed by atoms with E-state index in [9.17, 15) is 13.2 Å². The Kier molecular flexibility index (Phi) is 3.85. The van der Waals surface area contributed by atoms with Gasteiger partial charge in [0.1, 0.15) is 5.82 Å². The summed E-state index contributed by atoms with van der Waals surface area (Å²) in [6.45, 7) is -0.740. The molecular weight excluding hydrogens is 307 g/mol. The zero-order valence-electron chi connectivity index (χ0n) is 12.2. The first kappa shape index (κ1) is 15.5. The Morgan fingerprint density at radius 2 is 1.83 bits per heavy atom. The van der Waals surface area contributed by atoms with Crippen LogP contribution in [-0.4, -0.2) is 34.1 Å². The summed E-state index contributed by atoms with van der Waals surface area (Å²) in [6, 6.07) is 9.25. The summed E-state index contributed by atoms with van der Waals surface area (Å²) in [6.07, 6.45) is -4.28. The molecule has 122 valence electrons. The number of nitrogen functional groups attached to an aromatic ring is 2. The number of nitrogens with two attached hydrogens (primary N) is 2. The lowest BCUT2D eigenvalue weighted by molar-refractivity contribution is -0.148. The summed E-state index contributed by atoms with van der Waals surface area (Å²) in [7, 11) is 0. The number of aromatic nitrogens is 2. The molecule has 0 spiro atoms. The fourth-order valence-electron chi connectivity index (χ4n) is 2.94. The van der Waals surface area contributed by atoms with Gasteiger partial charge >= 0.3 is 6.18 Å². The number of hydrogen-bond acceptors (Lipinski definition) is 5. The molecule has 4 N–H and O–H groups in total. The van der Waals surface area contributed by atoms with Gasteiger partial charge in [0.05, 0.1) is 12.2 Å². The van der Waals surface area contributed by atoms with Crippen molar-refractivity contribution < 1.29 is 13.2 Å². The summed E-state index contributed by atoms with van der Waals surface area (Å²) < 4.78 is 38.4. The maximum atomic E-state index is 12.8. The summed E-state index contributed by atoms with van der Waals surface area (Å²) in [4.78, 5) is 9.44. The molecule has 1 aliphatic rings. The summed E-state index contributed by atoms with van der Waals surface area (Å²) >= 11 is 0. The van der Waals surface area contributed by atoms with E-state index in [0.29, 0.717) is 11.3 Å². The molecule has 0 amide bonds. The summed E-state index contributed by atoms with van der Waals surface area (Å²) in [5.74, 6) is -0.151. The Balaban J connectivity index is 2.04. The van der Waals surface area contributed by atoms with Crippen LogP contribution in [0.1, 0.15) is 22.7 Å². The molecule has 5 nitrogen and oxygen atoms in total. The van der Waals surface area contributed by atoms with Crippen LogP contribution in [0.2, 0.25) is 0 Å². The molecule has 1 aliphatic heterocycles. The van der Waals surface area contributed by atoms with Gasteiger partial charge in [0.2, 0.25) is 5.95 Å². The first-order valence-corrected chi connectivity index (χ1v) is 7.09. The normalized spacial score (nSPS) is 18.7. The van der Waals surface area contributed by atoms with Crippen molar-refractivity contribution in [3.8, 4) is 0 Å². The Hall–Kier alpha value is -2.35. The van der Waals surface area contributed by atoms with Crippen LogP contribution in [-0.2, 0) is 6.54 Å². The molecule has 8 heteroatoms. The van der Waals surface area contributed by atoms with Crippen LogP contribution in [0.5, 0.6) is 0 Å². The lowest BCUT2D eigenvalue weighted by Crippen LogP contribution is -2.41. The number of hydrogen-bond donors (Lipinski definition) is 2. The van der Waals surface area contributed by atoms with Gasteiger partial charge in [-0.1, -0.05) is 30.3 Å². The lowest BCUT2D eigenvalue weighted by atomic mass is 9.88. The van der Waals surface area contributed by atoms with E-state index < -0.39 is 12.7 Å². The van der Waals surface area contributed by atoms with Crippen LogP contribution < -0.4 is 11.5 Å². The minimum absolute atomic E-state index is 0.0338. The molecule has 2 aromatic rings. The zero-order chi connectivity index (χ0) is 16.6. The SMILES string of the molecule is Nc1nc(N)c2c(n1)C(c1ccccc1)CN(CC(F)(F)F)C2. The van der Waals surface area contributed by atoms with E-state index in [4.69, 9.17) is 11.5 Å². The predicted octanol–water partition coefficient (Wildman–Crippen LogP) is 2.15. The van der Waals surface area contributed by atoms with Crippen LogP contribution >= 0.6 is 0 Å². The molecule has 0 bridgehead atoms. The highest BCUT2D eigenvalue weighted by Gasteiger charge is 2.36. The first-order chi connectivity index (χ1) is 10.8. The Bertz CT molecular complexity index is 702. The van der Waals surface area contributed by atoms with Crippen molar-refractivity contribution in [3.63, 3.8) is 0 Å². The van der Waals surface area contributed by atoms with E-state index in [1.807, 2.05) is 30.3 Å². The van der Waals surface area contributed by atoms with Crippen molar-refractivity contribution in [3.05, 3.63) is 47.2 Å². The van der Waals surface area contributed by atoms with Gasteiger partial charge in [-0.25, -0.2) is 4.98 Å². The zero-order valence-corrected chi connectivity index (χ0v) is 12.2. The molecule has 0 saturated carbocycles. The van der Waals surface area contributed by atoms with Gasteiger partial charge in [-0.15, -0.1) is 0 Å². The molecule has 0 fully saturated rings. The van der Waals surface area contributed by atoms with Crippen molar-refractivity contribution in [1.29, 1.82) is 0 Å². The Morgan fingerprint density at radius 1 is 1.13 bits per heavy atom. The Labute approximate surface area is 131 Å². The standard InChI is InChI=1S/C15H16F3N5/c16-15(17,18)8-23-6-10(9-4-2-1-3-5-9)12-11(7-23)13(19)22-14(20)21-12/h1-5,10H,6-8H2,(H4,19,20,21,22). The van der Waals surface area contributed by atoms with Gasteiger partial charge in [-0.05, 0) is 5.56 Å². The second-order valence-electron chi connectivity index (χ2n) is 5.58. The topological polar surface area (TPSA) is 81.1 Å². The van der Waals surface area contributed by atoms with E-state index in [1.165, 1.54) is 4.90 Å². The second-order valence-corrected chi connectivity index (χ2v) is 5.58. The summed E-state index contributed by atoms with van der Waals surface area (Å²) in [5.41, 5.74) is 13.5. The molecular formula is C15H16F3N5. The lowest BCUT2D eigenvalue weighted by Gasteiger charge is -2.34. The van der Waals surface area contributed by atoms with E-state index in [-0.39, 0.29) is 30.8 Å². The van der Waals surface area contributed by atoms with Gasteiger partial charge in [-0.3, -0.25) is 4.90 Å². The largest absolute Gasteiger partial charge is 0.401 e. The predicted molar refractivity (Wildman–Crippen MR) is 80.5 cm³/mol. The highest BCUT2D eigenvalue weighted by atomic mass is 19.4. The molecule has 0 saturated heterocycles. The van der Waals surface area contributed by atoms with Crippen molar-refractivity contribution in [2.45, 2.75) is 18.6 Å². The van der Waals surface area contributed by atoms with Crippen LogP contribution in [0.3, 0.4) is 0 Å². The summed E-state index contributed by atoms with van der Waals surface area (Å²) in [5, 5.41) is 0. The number of fused-ring (bicyclic) bond motifs is 1. The molecule has 2 heterocycles. The fourth-order valence-corrected chi connectivity index (χ4v) is 2.94. The maximum absolute atomic E-state index is 12.8. The van der Waals surface area contributed by atoms with Crippen LogP contribution in [0.4, 0.5) is 24.9 Å². The number of halogens is 3. The van der Waals surface area contributed by atoms with Crippen molar-refractivity contribution >= 4 is 11.8 Å². The number of benzene rings is 1. The molecule has 0 radical (unpaired) electrons. The average Bonchev–Trinajstić information content (AvgIpc) is 2.46.